The maximum Gasteiger partial charge on any atom is 0.261 e. The average Bonchev–Trinajstić information content (AvgIpc) is 2.79. The van der Waals surface area contributed by atoms with E-state index in [1.165, 1.54) is 48.5 Å². The van der Waals surface area contributed by atoms with E-state index >= 15 is 0 Å². The van der Waals surface area contributed by atoms with Gasteiger partial charge in [0.2, 0.25) is 10.0 Å². The summed E-state index contributed by atoms with van der Waals surface area (Å²) in [5.41, 5.74) is 0.646. The highest BCUT2D eigenvalue weighted by molar-refractivity contribution is 7.92. The van der Waals surface area contributed by atoms with Gasteiger partial charge in [0.25, 0.3) is 15.9 Å². The van der Waals surface area contributed by atoms with E-state index in [-0.39, 0.29) is 33.3 Å². The second-order valence-corrected chi connectivity index (χ2v) is 10.0. The summed E-state index contributed by atoms with van der Waals surface area (Å²) in [5, 5.41) is 2.65. The summed E-state index contributed by atoms with van der Waals surface area (Å²) < 4.78 is 54.3. The van der Waals surface area contributed by atoms with E-state index < -0.39 is 26.0 Å². The maximum atomic E-state index is 12.7. The summed E-state index contributed by atoms with van der Waals surface area (Å²) in [4.78, 5) is 12.8. The molecule has 8 nitrogen and oxygen atoms in total. The smallest absolute Gasteiger partial charge is 0.261 e. The van der Waals surface area contributed by atoms with E-state index in [0.717, 1.165) is 0 Å². The van der Waals surface area contributed by atoms with Crippen molar-refractivity contribution in [2.45, 2.75) is 9.79 Å². The summed E-state index contributed by atoms with van der Waals surface area (Å²) in [5.74, 6) is -0.528. The third-order valence-corrected chi connectivity index (χ3v) is 7.14. The lowest BCUT2D eigenvalue weighted by molar-refractivity contribution is 0.102. The fourth-order valence-corrected chi connectivity index (χ4v) is 4.82. The molecule has 3 N–H and O–H groups in total. The van der Waals surface area contributed by atoms with Crippen molar-refractivity contribution in [3.63, 3.8) is 0 Å². The van der Waals surface area contributed by atoms with Crippen molar-refractivity contribution in [1.29, 1.82) is 0 Å². The van der Waals surface area contributed by atoms with Crippen LogP contribution in [0.4, 0.5) is 11.4 Å². The Balaban J connectivity index is 1.78. The van der Waals surface area contributed by atoms with E-state index in [4.69, 9.17) is 0 Å². The molecule has 0 fully saturated rings. The predicted molar refractivity (Wildman–Crippen MR) is 123 cm³/mol. The highest BCUT2D eigenvalue weighted by atomic mass is 32.2. The Labute approximate surface area is 187 Å². The minimum absolute atomic E-state index is 0.00641. The third-order valence-electron chi connectivity index (χ3n) is 4.32. The highest BCUT2D eigenvalue weighted by Gasteiger charge is 2.18. The fourth-order valence-electron chi connectivity index (χ4n) is 2.72. The molecule has 3 aromatic carbocycles. The van der Waals surface area contributed by atoms with Crippen LogP contribution in [0.15, 0.2) is 101 Å². The van der Waals surface area contributed by atoms with Gasteiger partial charge < -0.3 is 5.32 Å². The molecule has 0 aromatic heterocycles. The van der Waals surface area contributed by atoms with Crippen LogP contribution < -0.4 is 14.8 Å². The zero-order chi connectivity index (χ0) is 23.2. The van der Waals surface area contributed by atoms with Crippen LogP contribution in [-0.4, -0.2) is 29.3 Å². The molecule has 0 bridgehead atoms. The summed E-state index contributed by atoms with van der Waals surface area (Å²) >= 11 is 0. The number of para-hydroxylation sites is 2. The molecular formula is C22H21N3O5S2. The van der Waals surface area contributed by atoms with Crippen LogP contribution in [0, 0.1) is 0 Å². The average molecular weight is 472 g/mol. The van der Waals surface area contributed by atoms with Crippen LogP contribution >= 0.6 is 0 Å². The molecule has 0 saturated carbocycles. The lowest BCUT2D eigenvalue weighted by Gasteiger charge is -2.14. The SMILES string of the molecule is C=CCNS(=O)(=O)c1ccc(C(=O)Nc2ccccc2NS(=O)(=O)c2ccccc2)cc1. The Kier molecular flexibility index (Phi) is 7.08. The van der Waals surface area contributed by atoms with Crippen molar-refractivity contribution in [2.24, 2.45) is 0 Å². The number of rotatable bonds is 9. The van der Waals surface area contributed by atoms with E-state index in [9.17, 15) is 21.6 Å². The van der Waals surface area contributed by atoms with Crippen LogP contribution in [0.5, 0.6) is 0 Å². The molecule has 0 spiro atoms. The Morgan fingerprint density at radius 2 is 1.31 bits per heavy atom. The predicted octanol–water partition coefficient (Wildman–Crippen LogP) is 3.20. The Morgan fingerprint density at radius 1 is 0.750 bits per heavy atom. The number of carbonyl (C=O) groups excluding carboxylic acids is 1. The molecule has 32 heavy (non-hydrogen) atoms. The van der Waals surface area contributed by atoms with Gasteiger partial charge in [-0.3, -0.25) is 9.52 Å². The Bertz CT molecular complexity index is 1320. The summed E-state index contributed by atoms with van der Waals surface area (Å²) in [6, 6.07) is 19.6. The zero-order valence-corrected chi connectivity index (χ0v) is 18.5. The third kappa shape index (κ3) is 5.61. The molecule has 3 rings (SSSR count). The molecule has 0 aliphatic carbocycles. The van der Waals surface area contributed by atoms with Crippen LogP contribution in [0.2, 0.25) is 0 Å². The normalized spacial score (nSPS) is 11.5. The molecule has 3 aromatic rings. The molecule has 0 aliphatic heterocycles. The summed E-state index contributed by atoms with van der Waals surface area (Å²) in [7, 11) is -7.55. The monoisotopic (exact) mass is 471 g/mol. The zero-order valence-electron chi connectivity index (χ0n) is 16.9. The molecular weight excluding hydrogens is 450 g/mol. The molecule has 0 aliphatic rings. The quantitative estimate of drug-likeness (QED) is 0.414. The number of sulfonamides is 2. The molecule has 0 radical (unpaired) electrons. The van der Waals surface area contributed by atoms with Crippen molar-refractivity contribution >= 4 is 37.3 Å². The van der Waals surface area contributed by atoms with Crippen LogP contribution in [0.25, 0.3) is 0 Å². The van der Waals surface area contributed by atoms with Gasteiger partial charge in [-0.2, -0.15) is 0 Å². The number of benzene rings is 3. The first-order valence-corrected chi connectivity index (χ1v) is 12.4. The van der Waals surface area contributed by atoms with Gasteiger partial charge in [-0.15, -0.1) is 6.58 Å². The first-order valence-electron chi connectivity index (χ1n) is 9.42. The molecule has 0 heterocycles. The second-order valence-electron chi connectivity index (χ2n) is 6.58. The molecule has 166 valence electrons. The number of amides is 1. The molecule has 0 atom stereocenters. The van der Waals surface area contributed by atoms with Gasteiger partial charge in [0, 0.05) is 12.1 Å². The van der Waals surface area contributed by atoms with Crippen molar-refractivity contribution in [1.82, 2.24) is 4.72 Å². The Hall–Kier alpha value is -3.47. The molecule has 10 heteroatoms. The van der Waals surface area contributed by atoms with Gasteiger partial charge in [-0.1, -0.05) is 36.4 Å². The minimum atomic E-state index is -3.85. The summed E-state index contributed by atoms with van der Waals surface area (Å²) in [6.45, 7) is 3.54. The van der Waals surface area contributed by atoms with Gasteiger partial charge in [-0.05, 0) is 48.5 Å². The largest absolute Gasteiger partial charge is 0.320 e. The van der Waals surface area contributed by atoms with Crippen LogP contribution in [0.1, 0.15) is 10.4 Å². The first kappa shape index (κ1) is 23.2. The van der Waals surface area contributed by atoms with Gasteiger partial charge in [0.15, 0.2) is 0 Å². The minimum Gasteiger partial charge on any atom is -0.320 e. The number of nitrogens with one attached hydrogen (secondary N) is 3. The van der Waals surface area contributed by atoms with Crippen molar-refractivity contribution < 1.29 is 21.6 Å². The second kappa shape index (κ2) is 9.77. The fraction of sp³-hybridized carbons (Fsp3) is 0.0455. The van der Waals surface area contributed by atoms with E-state index in [1.54, 1.807) is 36.4 Å². The van der Waals surface area contributed by atoms with Crippen LogP contribution in [-0.2, 0) is 20.0 Å². The first-order chi connectivity index (χ1) is 15.2. The van der Waals surface area contributed by atoms with Gasteiger partial charge in [-0.25, -0.2) is 21.6 Å². The van der Waals surface area contributed by atoms with E-state index in [0.29, 0.717) is 0 Å². The molecule has 0 saturated heterocycles. The van der Waals surface area contributed by atoms with Crippen LogP contribution in [0.3, 0.4) is 0 Å². The number of carbonyl (C=O) groups is 1. The highest BCUT2D eigenvalue weighted by Crippen LogP contribution is 2.25. The van der Waals surface area contributed by atoms with Crippen molar-refractivity contribution in [2.75, 3.05) is 16.6 Å². The molecule has 1 amide bonds. The van der Waals surface area contributed by atoms with Crippen molar-refractivity contribution in [3.8, 4) is 0 Å². The van der Waals surface area contributed by atoms with E-state index in [1.807, 2.05) is 0 Å². The summed E-state index contributed by atoms with van der Waals surface area (Å²) in [6.07, 6.45) is 1.42. The maximum absolute atomic E-state index is 12.7. The number of anilines is 2. The van der Waals surface area contributed by atoms with Gasteiger partial charge in [0.05, 0.1) is 21.2 Å². The molecule has 0 unspecified atom stereocenters. The standard InChI is InChI=1S/C22H21N3O5S2/c1-2-16-23-31(27,28)19-14-12-17(13-15-19)22(26)24-20-10-6-7-11-21(20)25-32(29,30)18-8-4-3-5-9-18/h2-15,23,25H,1,16H2,(H,24,26). The van der Waals surface area contributed by atoms with Gasteiger partial charge in [0.1, 0.15) is 0 Å². The Morgan fingerprint density at radius 3 is 1.94 bits per heavy atom. The lowest BCUT2D eigenvalue weighted by Crippen LogP contribution is -2.23. The van der Waals surface area contributed by atoms with Gasteiger partial charge >= 0.3 is 0 Å². The topological polar surface area (TPSA) is 121 Å². The van der Waals surface area contributed by atoms with Crippen molar-refractivity contribution in [3.05, 3.63) is 97.1 Å². The number of hydrogen-bond donors (Lipinski definition) is 3. The lowest BCUT2D eigenvalue weighted by atomic mass is 10.2. The van der Waals surface area contributed by atoms with E-state index in [2.05, 4.69) is 21.3 Å². The number of hydrogen-bond acceptors (Lipinski definition) is 5.